The van der Waals surface area contributed by atoms with Crippen LogP contribution in [0.5, 0.6) is 0 Å². The van der Waals surface area contributed by atoms with Crippen molar-refractivity contribution in [3.05, 3.63) is 143 Å². The number of benzene rings is 6. The second-order valence-corrected chi connectivity index (χ2v) is 12.0. The molecule has 3 heterocycles. The number of nitrogens with one attached hydrogen (secondary N) is 3. The quantitative estimate of drug-likeness (QED) is 0.187. The Hall–Kier alpha value is -5.28. The standard InChI is InChI=1S/C39H27N3/c1-21-27-19-37-29(24-9-3-6-12-34(24)41-37)17-31(27)39(22-14-15-26-23-8-2-5-11-33(23)40-36(26)16-22)32-18-30-25-10-4-7-13-35(25)42-38(30)20-28(21)32/h2-21,39-42H,1H3. The lowest BCUT2D eigenvalue weighted by Crippen LogP contribution is -2.18. The molecule has 0 atom stereocenters. The van der Waals surface area contributed by atoms with Crippen molar-refractivity contribution in [1.82, 2.24) is 15.0 Å². The van der Waals surface area contributed by atoms with Crippen molar-refractivity contribution >= 4 is 65.4 Å². The van der Waals surface area contributed by atoms with E-state index in [1.807, 2.05) is 0 Å². The normalized spacial score (nSPS) is 16.7. The van der Waals surface area contributed by atoms with Gasteiger partial charge < -0.3 is 15.0 Å². The molecular formula is C39H27N3. The molecule has 3 nitrogen and oxygen atoms in total. The predicted octanol–water partition coefficient (Wildman–Crippen LogP) is 10.2. The second-order valence-electron chi connectivity index (χ2n) is 12.0. The van der Waals surface area contributed by atoms with E-state index in [1.54, 1.807) is 0 Å². The zero-order valence-electron chi connectivity index (χ0n) is 23.1. The zero-order chi connectivity index (χ0) is 27.5. The predicted molar refractivity (Wildman–Crippen MR) is 176 cm³/mol. The third-order valence-corrected chi connectivity index (χ3v) is 9.84. The number of hydrogen-bond acceptors (Lipinski definition) is 0. The topological polar surface area (TPSA) is 47.4 Å². The molecule has 0 aliphatic heterocycles. The monoisotopic (exact) mass is 537 g/mol. The van der Waals surface area contributed by atoms with Crippen molar-refractivity contribution in [2.75, 3.05) is 0 Å². The molecule has 6 aromatic carbocycles. The van der Waals surface area contributed by atoms with Gasteiger partial charge in [-0.1, -0.05) is 73.7 Å². The van der Waals surface area contributed by atoms with E-state index in [0.717, 1.165) is 0 Å². The first kappa shape index (κ1) is 22.4. The number of rotatable bonds is 1. The Morgan fingerprint density at radius 1 is 0.381 bits per heavy atom. The summed E-state index contributed by atoms with van der Waals surface area (Å²) in [6.45, 7) is 2.37. The highest BCUT2D eigenvalue weighted by molar-refractivity contribution is 6.10. The summed E-state index contributed by atoms with van der Waals surface area (Å²) in [5, 5.41) is 7.71. The molecule has 9 aromatic rings. The molecule has 0 bridgehead atoms. The van der Waals surface area contributed by atoms with Crippen molar-refractivity contribution in [2.45, 2.75) is 18.8 Å². The van der Waals surface area contributed by atoms with Crippen LogP contribution in [0.3, 0.4) is 0 Å². The van der Waals surface area contributed by atoms with Gasteiger partial charge in [-0.05, 0) is 76.3 Å². The molecule has 0 saturated carbocycles. The largest absolute Gasteiger partial charge is 0.355 e. The van der Waals surface area contributed by atoms with Crippen LogP contribution in [-0.4, -0.2) is 15.0 Å². The van der Waals surface area contributed by atoms with E-state index >= 15 is 0 Å². The van der Waals surface area contributed by atoms with Crippen LogP contribution in [0.2, 0.25) is 0 Å². The van der Waals surface area contributed by atoms with Crippen LogP contribution in [0.15, 0.2) is 115 Å². The SMILES string of the molecule is CC1c2cc3[nH]c4ccccc4c3cc2C(c2ccc3c(c2)[nH]c2ccccc23)c2cc3c(cc21)[nH]c1ccccc13. The second kappa shape index (κ2) is 7.92. The minimum atomic E-state index is 0.123. The molecule has 0 radical (unpaired) electrons. The molecule has 198 valence electrons. The van der Waals surface area contributed by atoms with E-state index in [1.165, 1.54) is 93.2 Å². The van der Waals surface area contributed by atoms with Gasteiger partial charge in [-0.15, -0.1) is 0 Å². The van der Waals surface area contributed by atoms with Crippen molar-refractivity contribution in [3.63, 3.8) is 0 Å². The van der Waals surface area contributed by atoms with Crippen molar-refractivity contribution in [1.29, 1.82) is 0 Å². The molecule has 0 unspecified atom stereocenters. The highest BCUT2D eigenvalue weighted by Crippen LogP contribution is 2.50. The number of fused-ring (bicyclic) bond motifs is 11. The summed E-state index contributed by atoms with van der Waals surface area (Å²) in [6, 6.07) is 42.8. The molecule has 3 aromatic heterocycles. The smallest absolute Gasteiger partial charge is 0.0468 e. The van der Waals surface area contributed by atoms with Gasteiger partial charge in [0.2, 0.25) is 0 Å². The number of aromatic nitrogens is 3. The molecule has 10 rings (SSSR count). The summed E-state index contributed by atoms with van der Waals surface area (Å²) in [4.78, 5) is 11.1. The van der Waals surface area contributed by atoms with Crippen LogP contribution in [0.4, 0.5) is 0 Å². The first-order valence-electron chi connectivity index (χ1n) is 14.8. The summed E-state index contributed by atoms with van der Waals surface area (Å²) in [5.41, 5.74) is 14.1. The van der Waals surface area contributed by atoms with Gasteiger partial charge in [-0.3, -0.25) is 0 Å². The average Bonchev–Trinajstić information content (AvgIpc) is 3.70. The first-order valence-corrected chi connectivity index (χ1v) is 14.8. The molecule has 3 N–H and O–H groups in total. The van der Waals surface area contributed by atoms with Crippen molar-refractivity contribution in [3.8, 4) is 0 Å². The van der Waals surface area contributed by atoms with Gasteiger partial charge in [0, 0.05) is 77.3 Å². The summed E-state index contributed by atoms with van der Waals surface area (Å²) in [7, 11) is 0. The molecule has 42 heavy (non-hydrogen) atoms. The van der Waals surface area contributed by atoms with E-state index in [9.17, 15) is 0 Å². The Labute approximate surface area is 241 Å². The molecule has 0 fully saturated rings. The minimum absolute atomic E-state index is 0.123. The summed E-state index contributed by atoms with van der Waals surface area (Å²) >= 11 is 0. The molecule has 0 amide bonds. The van der Waals surface area contributed by atoms with Gasteiger partial charge in [0.1, 0.15) is 0 Å². The Kier molecular flexibility index (Phi) is 4.23. The Morgan fingerprint density at radius 2 is 0.810 bits per heavy atom. The summed E-state index contributed by atoms with van der Waals surface area (Å²) in [5.74, 6) is 0.396. The highest BCUT2D eigenvalue weighted by Gasteiger charge is 2.33. The number of hydrogen-bond donors (Lipinski definition) is 3. The fraction of sp³-hybridized carbons (Fsp3) is 0.0769. The van der Waals surface area contributed by atoms with Crippen LogP contribution in [-0.2, 0) is 0 Å². The molecular weight excluding hydrogens is 510 g/mol. The van der Waals surface area contributed by atoms with E-state index in [4.69, 9.17) is 0 Å². The summed E-state index contributed by atoms with van der Waals surface area (Å²) < 4.78 is 0. The van der Waals surface area contributed by atoms with Gasteiger partial charge in [-0.25, -0.2) is 0 Å². The fourth-order valence-electron chi connectivity index (χ4n) is 7.86. The van der Waals surface area contributed by atoms with Crippen LogP contribution < -0.4 is 0 Å². The van der Waals surface area contributed by atoms with Gasteiger partial charge in [-0.2, -0.15) is 0 Å². The molecule has 0 spiro atoms. The van der Waals surface area contributed by atoms with Crippen LogP contribution in [0.25, 0.3) is 65.4 Å². The van der Waals surface area contributed by atoms with E-state index in [0.29, 0.717) is 0 Å². The van der Waals surface area contributed by atoms with Gasteiger partial charge in [0.05, 0.1) is 0 Å². The van der Waals surface area contributed by atoms with Crippen molar-refractivity contribution < 1.29 is 0 Å². The lowest BCUT2D eigenvalue weighted by molar-refractivity contribution is 0.800. The Bertz CT molecular complexity index is 2430. The third-order valence-electron chi connectivity index (χ3n) is 9.84. The number of para-hydroxylation sites is 3. The fourth-order valence-corrected chi connectivity index (χ4v) is 7.86. The Balaban J connectivity index is 1.31. The van der Waals surface area contributed by atoms with Gasteiger partial charge >= 0.3 is 0 Å². The van der Waals surface area contributed by atoms with Crippen LogP contribution >= 0.6 is 0 Å². The average molecular weight is 538 g/mol. The van der Waals surface area contributed by atoms with Crippen LogP contribution in [0.1, 0.15) is 46.6 Å². The maximum Gasteiger partial charge on any atom is 0.0468 e. The first-order chi connectivity index (χ1) is 20.7. The molecule has 1 aliphatic rings. The molecule has 3 heteroatoms. The highest BCUT2D eigenvalue weighted by atomic mass is 14.7. The van der Waals surface area contributed by atoms with Crippen molar-refractivity contribution in [2.24, 2.45) is 0 Å². The number of aromatic amines is 3. The molecule has 1 aliphatic carbocycles. The Morgan fingerprint density at radius 3 is 1.33 bits per heavy atom. The summed E-state index contributed by atoms with van der Waals surface area (Å²) in [6.07, 6.45) is 0. The third kappa shape index (κ3) is 2.90. The van der Waals surface area contributed by atoms with Gasteiger partial charge in [0.25, 0.3) is 0 Å². The van der Waals surface area contributed by atoms with E-state index < -0.39 is 0 Å². The van der Waals surface area contributed by atoms with E-state index in [2.05, 4.69) is 137 Å². The zero-order valence-corrected chi connectivity index (χ0v) is 23.1. The van der Waals surface area contributed by atoms with Gasteiger partial charge in [0.15, 0.2) is 0 Å². The lowest BCUT2D eigenvalue weighted by Gasteiger charge is -2.33. The van der Waals surface area contributed by atoms with Crippen LogP contribution in [0, 0.1) is 0 Å². The maximum absolute atomic E-state index is 3.70. The lowest BCUT2D eigenvalue weighted by atomic mass is 9.70. The maximum atomic E-state index is 3.70. The van der Waals surface area contributed by atoms with E-state index in [-0.39, 0.29) is 11.8 Å². The minimum Gasteiger partial charge on any atom is -0.355 e. The number of H-pyrrole nitrogens is 3. The molecule has 0 saturated heterocycles.